The molecule has 0 aliphatic heterocycles. The van der Waals surface area contributed by atoms with Crippen molar-refractivity contribution in [3.63, 3.8) is 0 Å². The summed E-state index contributed by atoms with van der Waals surface area (Å²) in [7, 11) is -1.01. The largest absolute Gasteiger partial charge is 0.480 e. The van der Waals surface area contributed by atoms with E-state index in [0.717, 1.165) is 10.4 Å². The highest BCUT2D eigenvalue weighted by atomic mass is 32.2. The van der Waals surface area contributed by atoms with Crippen LogP contribution in [0.25, 0.3) is 0 Å². The molecule has 130 valence electrons. The third-order valence-electron chi connectivity index (χ3n) is 3.62. The first-order chi connectivity index (χ1) is 10.5. The molecule has 1 aromatic heterocycles. The summed E-state index contributed by atoms with van der Waals surface area (Å²) in [6.45, 7) is 4.94. The molecule has 0 saturated carbocycles. The van der Waals surface area contributed by atoms with Crippen LogP contribution >= 0.6 is 0 Å². The number of rotatable bonds is 7. The van der Waals surface area contributed by atoms with Gasteiger partial charge < -0.3 is 14.8 Å². The van der Waals surface area contributed by atoms with Crippen LogP contribution in [-0.2, 0) is 14.8 Å². The van der Waals surface area contributed by atoms with E-state index in [1.165, 1.54) is 21.0 Å². The van der Waals surface area contributed by atoms with E-state index < -0.39 is 27.9 Å². The molecule has 0 unspecified atom stereocenters. The summed E-state index contributed by atoms with van der Waals surface area (Å²) < 4.78 is 30.4. The van der Waals surface area contributed by atoms with E-state index in [1.54, 1.807) is 6.92 Å². The summed E-state index contributed by atoms with van der Waals surface area (Å²) in [5.74, 6) is -2.37. The zero-order valence-corrected chi connectivity index (χ0v) is 14.6. The fourth-order valence-corrected chi connectivity index (χ4v) is 2.98. The SMILES string of the molecule is CC[C@H](C)[C@H](NC(=O)c1cc(S(=O)(=O)N(C)C)c(C)o1)C(=O)O. The van der Waals surface area contributed by atoms with Gasteiger partial charge in [0.2, 0.25) is 10.0 Å². The number of nitrogens with zero attached hydrogens (tertiary/aromatic N) is 1. The van der Waals surface area contributed by atoms with Crippen molar-refractivity contribution in [2.75, 3.05) is 14.1 Å². The molecule has 0 saturated heterocycles. The van der Waals surface area contributed by atoms with Gasteiger partial charge in [0.05, 0.1) is 0 Å². The predicted molar refractivity (Wildman–Crippen MR) is 82.7 cm³/mol. The molecule has 1 amide bonds. The van der Waals surface area contributed by atoms with Crippen LogP contribution in [-0.4, -0.2) is 49.8 Å². The van der Waals surface area contributed by atoms with Gasteiger partial charge in [-0.1, -0.05) is 20.3 Å². The first kappa shape index (κ1) is 19.2. The number of carboxylic acids is 1. The molecule has 0 spiro atoms. The Morgan fingerprint density at radius 3 is 2.39 bits per heavy atom. The molecule has 0 bridgehead atoms. The van der Waals surface area contributed by atoms with Gasteiger partial charge in [-0.05, 0) is 12.8 Å². The van der Waals surface area contributed by atoms with Gasteiger partial charge in [0.25, 0.3) is 5.91 Å². The summed E-state index contributed by atoms with van der Waals surface area (Å²) >= 11 is 0. The number of sulfonamides is 1. The molecule has 0 radical (unpaired) electrons. The zero-order valence-electron chi connectivity index (χ0n) is 13.8. The summed E-state index contributed by atoms with van der Waals surface area (Å²) in [6.07, 6.45) is 0.564. The normalized spacial score (nSPS) is 14.5. The van der Waals surface area contributed by atoms with Crippen molar-refractivity contribution < 1.29 is 27.5 Å². The Morgan fingerprint density at radius 1 is 1.39 bits per heavy atom. The second-order valence-corrected chi connectivity index (χ2v) is 7.61. The summed E-state index contributed by atoms with van der Waals surface area (Å²) in [6, 6.07) is 0.0296. The average Bonchev–Trinajstić information content (AvgIpc) is 2.85. The van der Waals surface area contributed by atoms with Gasteiger partial charge in [0, 0.05) is 20.2 Å². The lowest BCUT2D eigenvalue weighted by Gasteiger charge is -2.19. The molecule has 0 aliphatic rings. The quantitative estimate of drug-likeness (QED) is 0.762. The van der Waals surface area contributed by atoms with Crippen LogP contribution in [0.4, 0.5) is 0 Å². The van der Waals surface area contributed by atoms with Crippen LogP contribution in [0.15, 0.2) is 15.4 Å². The van der Waals surface area contributed by atoms with Gasteiger partial charge in [-0.15, -0.1) is 0 Å². The lowest BCUT2D eigenvalue weighted by molar-refractivity contribution is -0.140. The Kier molecular flexibility index (Phi) is 5.95. The molecule has 1 rings (SSSR count). The molecule has 1 heterocycles. The number of hydrogen-bond acceptors (Lipinski definition) is 5. The Hall–Kier alpha value is -1.87. The molecule has 8 nitrogen and oxygen atoms in total. The average molecular weight is 346 g/mol. The number of nitrogens with one attached hydrogen (secondary N) is 1. The number of carbonyl (C=O) groups excluding carboxylic acids is 1. The molecule has 9 heteroatoms. The van der Waals surface area contributed by atoms with Crippen molar-refractivity contribution in [3.05, 3.63) is 17.6 Å². The van der Waals surface area contributed by atoms with E-state index >= 15 is 0 Å². The number of amides is 1. The van der Waals surface area contributed by atoms with E-state index in [9.17, 15) is 23.1 Å². The van der Waals surface area contributed by atoms with Crippen molar-refractivity contribution in [1.29, 1.82) is 0 Å². The molecule has 2 N–H and O–H groups in total. The van der Waals surface area contributed by atoms with Crippen LogP contribution in [0.5, 0.6) is 0 Å². The van der Waals surface area contributed by atoms with Crippen LogP contribution in [0.1, 0.15) is 36.6 Å². The van der Waals surface area contributed by atoms with Crippen molar-refractivity contribution in [2.24, 2.45) is 5.92 Å². The lowest BCUT2D eigenvalue weighted by Crippen LogP contribution is -2.44. The van der Waals surface area contributed by atoms with Crippen molar-refractivity contribution in [3.8, 4) is 0 Å². The van der Waals surface area contributed by atoms with Crippen molar-refractivity contribution >= 4 is 21.9 Å². The molecule has 23 heavy (non-hydrogen) atoms. The van der Waals surface area contributed by atoms with Gasteiger partial charge in [0.1, 0.15) is 16.7 Å². The highest BCUT2D eigenvalue weighted by Crippen LogP contribution is 2.22. The molecule has 0 fully saturated rings. The Morgan fingerprint density at radius 2 is 1.96 bits per heavy atom. The van der Waals surface area contributed by atoms with Gasteiger partial charge in [0.15, 0.2) is 5.76 Å². The molecular weight excluding hydrogens is 324 g/mol. The van der Waals surface area contributed by atoms with E-state index in [4.69, 9.17) is 4.42 Å². The van der Waals surface area contributed by atoms with E-state index in [2.05, 4.69) is 5.32 Å². The standard InChI is InChI=1S/C14H22N2O6S/c1-6-8(2)12(14(18)19)15-13(17)10-7-11(9(3)22-10)23(20,21)16(4)5/h7-8,12H,6H2,1-5H3,(H,15,17)(H,18,19)/t8-,12-/m0/s1. The minimum Gasteiger partial charge on any atom is -0.480 e. The molecule has 0 aliphatic carbocycles. The molecule has 0 aromatic carbocycles. The highest BCUT2D eigenvalue weighted by Gasteiger charge is 2.29. The lowest BCUT2D eigenvalue weighted by atomic mass is 9.99. The molecule has 2 atom stereocenters. The van der Waals surface area contributed by atoms with Crippen LogP contribution in [0.3, 0.4) is 0 Å². The minimum absolute atomic E-state index is 0.0688. The second kappa shape index (κ2) is 7.14. The van der Waals surface area contributed by atoms with Gasteiger partial charge in [-0.2, -0.15) is 0 Å². The second-order valence-electron chi connectivity index (χ2n) is 5.49. The topological polar surface area (TPSA) is 117 Å². The van der Waals surface area contributed by atoms with E-state index in [0.29, 0.717) is 6.42 Å². The van der Waals surface area contributed by atoms with Crippen molar-refractivity contribution in [2.45, 2.75) is 38.1 Å². The predicted octanol–water partition coefficient (Wildman–Crippen LogP) is 1.07. The molecule has 1 aromatic rings. The van der Waals surface area contributed by atoms with Crippen LogP contribution < -0.4 is 5.32 Å². The number of carboxylic acid groups (broad SMARTS) is 1. The van der Waals surface area contributed by atoms with Gasteiger partial charge in [-0.3, -0.25) is 4.79 Å². The smallest absolute Gasteiger partial charge is 0.326 e. The summed E-state index contributed by atoms with van der Waals surface area (Å²) in [5, 5.41) is 11.5. The maximum atomic E-state index is 12.2. The Balaban J connectivity index is 3.09. The first-order valence-electron chi connectivity index (χ1n) is 7.09. The fourth-order valence-electron chi connectivity index (χ4n) is 1.93. The number of hydrogen-bond donors (Lipinski definition) is 2. The number of aryl methyl sites for hydroxylation is 1. The zero-order chi connectivity index (χ0) is 17.9. The van der Waals surface area contributed by atoms with Crippen molar-refractivity contribution in [1.82, 2.24) is 9.62 Å². The number of aliphatic carboxylic acids is 1. The Labute approximate surface area is 135 Å². The number of carbonyl (C=O) groups is 2. The maximum Gasteiger partial charge on any atom is 0.326 e. The number of furan rings is 1. The first-order valence-corrected chi connectivity index (χ1v) is 8.53. The minimum atomic E-state index is -3.74. The monoisotopic (exact) mass is 346 g/mol. The van der Waals surface area contributed by atoms with Gasteiger partial charge in [-0.25, -0.2) is 17.5 Å². The maximum absolute atomic E-state index is 12.2. The third-order valence-corrected chi connectivity index (χ3v) is 5.54. The molecular formula is C14H22N2O6S. The summed E-state index contributed by atoms with van der Waals surface area (Å²) in [5.41, 5.74) is 0. The third kappa shape index (κ3) is 4.11. The van der Waals surface area contributed by atoms with E-state index in [-0.39, 0.29) is 22.3 Å². The summed E-state index contributed by atoms with van der Waals surface area (Å²) in [4.78, 5) is 23.3. The Bertz CT molecular complexity index is 692. The van der Waals surface area contributed by atoms with Crippen LogP contribution in [0.2, 0.25) is 0 Å². The van der Waals surface area contributed by atoms with Gasteiger partial charge >= 0.3 is 5.97 Å². The highest BCUT2D eigenvalue weighted by molar-refractivity contribution is 7.89. The van der Waals surface area contributed by atoms with Crippen LogP contribution in [0, 0.1) is 12.8 Å². The fraction of sp³-hybridized carbons (Fsp3) is 0.571. The van der Waals surface area contributed by atoms with E-state index in [1.807, 2.05) is 6.92 Å².